The number of rotatable bonds is 7. The molecule has 2 unspecified atom stereocenters. The van der Waals surface area contributed by atoms with Gasteiger partial charge < -0.3 is 20.3 Å². The van der Waals surface area contributed by atoms with Gasteiger partial charge >= 0.3 is 6.09 Å². The van der Waals surface area contributed by atoms with Crippen molar-refractivity contribution in [3.05, 3.63) is 77.4 Å². The molecule has 1 fully saturated rings. The molecule has 2 atom stereocenters. The first-order chi connectivity index (χ1) is 17.9. The van der Waals surface area contributed by atoms with E-state index in [9.17, 15) is 14.4 Å². The van der Waals surface area contributed by atoms with Gasteiger partial charge in [0.15, 0.2) is 0 Å². The fraction of sp³-hybridized carbons (Fsp3) is 0.387. The predicted molar refractivity (Wildman–Crippen MR) is 150 cm³/mol. The van der Waals surface area contributed by atoms with Crippen LogP contribution in [0.5, 0.6) is 0 Å². The molecule has 0 radical (unpaired) electrons. The summed E-state index contributed by atoms with van der Waals surface area (Å²) in [5.74, 6) is -0.617. The second-order valence-electron chi connectivity index (χ2n) is 11.2. The van der Waals surface area contributed by atoms with Gasteiger partial charge in [-0.3, -0.25) is 9.59 Å². The lowest BCUT2D eigenvalue weighted by atomic mass is 9.96. The summed E-state index contributed by atoms with van der Waals surface area (Å²) in [5.41, 5.74) is 2.73. The van der Waals surface area contributed by atoms with Crippen molar-refractivity contribution in [2.24, 2.45) is 0 Å². The Bertz CT molecular complexity index is 1360. The van der Waals surface area contributed by atoms with Crippen molar-refractivity contribution in [2.45, 2.75) is 78.1 Å². The van der Waals surface area contributed by atoms with Crippen molar-refractivity contribution in [1.82, 2.24) is 10.2 Å². The number of fused-ring (bicyclic) bond motifs is 1. The molecule has 38 heavy (non-hydrogen) atoms. The molecule has 2 N–H and O–H groups in total. The summed E-state index contributed by atoms with van der Waals surface area (Å²) in [5, 5.41) is 7.80. The normalized spacial score (nSPS) is 14.9. The molecule has 3 amide bonds. The third-order valence-electron chi connectivity index (χ3n) is 6.56. The van der Waals surface area contributed by atoms with Crippen LogP contribution in [0.25, 0.3) is 10.8 Å². The Morgan fingerprint density at radius 3 is 2.26 bits per heavy atom. The van der Waals surface area contributed by atoms with Crippen LogP contribution in [0.1, 0.15) is 63.3 Å². The second-order valence-corrected chi connectivity index (χ2v) is 11.2. The van der Waals surface area contributed by atoms with Crippen LogP contribution in [0.2, 0.25) is 0 Å². The minimum absolute atomic E-state index is 0.0848. The maximum atomic E-state index is 14.0. The van der Waals surface area contributed by atoms with E-state index >= 15 is 0 Å². The zero-order valence-corrected chi connectivity index (χ0v) is 23.0. The fourth-order valence-corrected chi connectivity index (χ4v) is 4.67. The lowest BCUT2D eigenvalue weighted by Crippen LogP contribution is -2.52. The van der Waals surface area contributed by atoms with E-state index in [1.165, 1.54) is 0 Å². The zero-order chi connectivity index (χ0) is 27.6. The largest absolute Gasteiger partial charge is 0.444 e. The summed E-state index contributed by atoms with van der Waals surface area (Å²) >= 11 is 0. The van der Waals surface area contributed by atoms with Gasteiger partial charge in [-0.25, -0.2) is 4.79 Å². The lowest BCUT2D eigenvalue weighted by Gasteiger charge is -2.34. The number of hydrogen-bond donors (Lipinski definition) is 2. The van der Waals surface area contributed by atoms with Gasteiger partial charge in [0.2, 0.25) is 5.91 Å². The first kappa shape index (κ1) is 27.2. The maximum Gasteiger partial charge on any atom is 0.408 e. The summed E-state index contributed by atoms with van der Waals surface area (Å²) in [4.78, 5) is 41.9. The Labute approximate surface area is 224 Å². The number of alkyl carbamates (subject to hydrolysis) is 1. The molecule has 0 aliphatic heterocycles. The minimum atomic E-state index is -0.868. The maximum absolute atomic E-state index is 14.0. The van der Waals surface area contributed by atoms with E-state index in [-0.39, 0.29) is 17.9 Å². The average Bonchev–Trinajstić information content (AvgIpc) is 3.66. The molecule has 1 saturated carbocycles. The van der Waals surface area contributed by atoms with Gasteiger partial charge in [-0.2, -0.15) is 0 Å². The van der Waals surface area contributed by atoms with Crippen LogP contribution in [0, 0.1) is 13.8 Å². The van der Waals surface area contributed by atoms with Gasteiger partial charge in [0.1, 0.15) is 17.7 Å². The van der Waals surface area contributed by atoms with Crippen LogP contribution in [0.3, 0.4) is 0 Å². The van der Waals surface area contributed by atoms with Crippen LogP contribution in [0.4, 0.5) is 10.5 Å². The molecule has 7 heteroatoms. The average molecular weight is 516 g/mol. The number of carbonyl (C=O) groups is 3. The number of anilines is 1. The molecule has 3 aromatic carbocycles. The number of nitrogens with zero attached hydrogens (tertiary/aromatic N) is 1. The molecule has 0 spiro atoms. The molecule has 3 aromatic rings. The molecule has 0 saturated heterocycles. The van der Waals surface area contributed by atoms with Crippen molar-refractivity contribution in [3.8, 4) is 0 Å². The molecule has 0 bridgehead atoms. The minimum Gasteiger partial charge on any atom is -0.444 e. The van der Waals surface area contributed by atoms with Crippen LogP contribution < -0.4 is 10.6 Å². The number of carbonyl (C=O) groups excluding carboxylic acids is 3. The highest BCUT2D eigenvalue weighted by molar-refractivity contribution is 6.00. The van der Waals surface area contributed by atoms with Crippen molar-refractivity contribution >= 4 is 34.4 Å². The van der Waals surface area contributed by atoms with E-state index in [2.05, 4.69) is 10.6 Å². The molecular formula is C31H37N3O4. The van der Waals surface area contributed by atoms with Gasteiger partial charge in [0, 0.05) is 11.7 Å². The first-order valence-electron chi connectivity index (χ1n) is 13.1. The number of benzene rings is 3. The Balaban J connectivity index is 1.66. The smallest absolute Gasteiger partial charge is 0.408 e. The molecular weight excluding hydrogens is 478 g/mol. The quantitative estimate of drug-likeness (QED) is 0.402. The highest BCUT2D eigenvalue weighted by Gasteiger charge is 2.43. The summed E-state index contributed by atoms with van der Waals surface area (Å²) < 4.78 is 5.35. The molecule has 0 aromatic heterocycles. The number of ether oxygens (including phenoxy) is 1. The third-order valence-corrected chi connectivity index (χ3v) is 6.56. The SMILES string of the molecule is Cc1ccc(C(C(=O)Nc2ccc3ccccc3c2)N(C(=O)C(C)NC(=O)OC(C)(C)C)C2CC2)c(C)c1. The summed E-state index contributed by atoms with van der Waals surface area (Å²) in [7, 11) is 0. The van der Waals surface area contributed by atoms with Gasteiger partial charge in [0.25, 0.3) is 5.91 Å². The molecule has 200 valence electrons. The van der Waals surface area contributed by atoms with E-state index in [1.54, 1.807) is 32.6 Å². The Morgan fingerprint density at radius 1 is 0.947 bits per heavy atom. The Morgan fingerprint density at radius 2 is 1.63 bits per heavy atom. The predicted octanol–water partition coefficient (Wildman–Crippen LogP) is 6.04. The molecule has 7 nitrogen and oxygen atoms in total. The standard InChI is InChI=1S/C31H37N3O4/c1-19-11-16-26(20(2)17-19)27(28(35)33-24-13-12-22-9-7-8-10-23(22)18-24)34(25-14-15-25)29(36)21(3)32-30(37)38-31(4,5)6/h7-13,16-18,21,25,27H,14-15H2,1-6H3,(H,32,37)(H,33,35). The number of nitrogens with one attached hydrogen (secondary N) is 2. The molecule has 1 aliphatic rings. The van der Waals surface area contributed by atoms with Gasteiger partial charge in [-0.15, -0.1) is 0 Å². The Hall–Kier alpha value is -3.87. The van der Waals surface area contributed by atoms with E-state index < -0.39 is 23.8 Å². The van der Waals surface area contributed by atoms with E-state index in [1.807, 2.05) is 74.5 Å². The van der Waals surface area contributed by atoms with Crippen LogP contribution in [-0.4, -0.2) is 40.5 Å². The Kier molecular flexibility index (Phi) is 7.76. The summed E-state index contributed by atoms with van der Waals surface area (Å²) in [6, 6.07) is 17.8. The number of aryl methyl sites for hydroxylation is 2. The monoisotopic (exact) mass is 515 g/mol. The van der Waals surface area contributed by atoms with Crippen molar-refractivity contribution < 1.29 is 19.1 Å². The first-order valence-corrected chi connectivity index (χ1v) is 13.1. The lowest BCUT2D eigenvalue weighted by molar-refractivity contribution is -0.141. The van der Waals surface area contributed by atoms with Gasteiger partial charge in [0.05, 0.1) is 0 Å². The topological polar surface area (TPSA) is 87.7 Å². The fourth-order valence-electron chi connectivity index (χ4n) is 4.67. The zero-order valence-electron chi connectivity index (χ0n) is 23.0. The highest BCUT2D eigenvalue weighted by atomic mass is 16.6. The second kappa shape index (κ2) is 10.9. The van der Waals surface area contributed by atoms with Gasteiger partial charge in [-0.05, 0) is 88.4 Å². The molecule has 4 rings (SSSR count). The molecule has 0 heterocycles. The van der Waals surface area contributed by atoms with Crippen LogP contribution >= 0.6 is 0 Å². The van der Waals surface area contributed by atoms with Crippen molar-refractivity contribution in [3.63, 3.8) is 0 Å². The highest BCUT2D eigenvalue weighted by Crippen LogP contribution is 2.37. The van der Waals surface area contributed by atoms with E-state index in [4.69, 9.17) is 4.74 Å². The summed E-state index contributed by atoms with van der Waals surface area (Å²) in [6.45, 7) is 10.9. The van der Waals surface area contributed by atoms with Gasteiger partial charge in [-0.1, -0.05) is 54.1 Å². The van der Waals surface area contributed by atoms with Crippen molar-refractivity contribution in [1.29, 1.82) is 0 Å². The van der Waals surface area contributed by atoms with E-state index in [0.29, 0.717) is 5.69 Å². The number of amides is 3. The van der Waals surface area contributed by atoms with E-state index in [0.717, 1.165) is 40.3 Å². The number of hydrogen-bond acceptors (Lipinski definition) is 4. The summed E-state index contributed by atoms with van der Waals surface area (Å²) in [6.07, 6.45) is 0.934. The van der Waals surface area contributed by atoms with Crippen LogP contribution in [-0.2, 0) is 14.3 Å². The molecule has 1 aliphatic carbocycles. The third kappa shape index (κ3) is 6.52. The van der Waals surface area contributed by atoms with Crippen molar-refractivity contribution in [2.75, 3.05) is 5.32 Å². The van der Waals surface area contributed by atoms with Crippen LogP contribution in [0.15, 0.2) is 60.7 Å².